The first-order valence-electron chi connectivity index (χ1n) is 9.10. The molecule has 0 bridgehead atoms. The molecule has 6 heteroatoms. The summed E-state index contributed by atoms with van der Waals surface area (Å²) < 4.78 is 2.17. The number of likely N-dealkylation sites (N-methyl/N-ethyl adjacent to an activating group) is 1. The summed E-state index contributed by atoms with van der Waals surface area (Å²) in [6.07, 6.45) is 7.05. The highest BCUT2D eigenvalue weighted by Crippen LogP contribution is 2.38. The molecule has 2 aliphatic heterocycles. The van der Waals surface area contributed by atoms with Crippen LogP contribution >= 0.6 is 0 Å². The fraction of sp³-hybridized carbons (Fsp3) is 0.611. The molecule has 0 radical (unpaired) electrons. The second-order valence-electron chi connectivity index (χ2n) is 7.51. The second-order valence-corrected chi connectivity index (χ2v) is 7.51. The molecule has 3 aliphatic rings. The summed E-state index contributed by atoms with van der Waals surface area (Å²) in [6, 6.07) is 4.89. The fourth-order valence-corrected chi connectivity index (χ4v) is 3.88. The van der Waals surface area contributed by atoms with Crippen molar-refractivity contribution >= 4 is 5.82 Å². The number of aromatic nitrogens is 4. The fourth-order valence-electron chi connectivity index (χ4n) is 3.88. The molecule has 1 saturated heterocycles. The van der Waals surface area contributed by atoms with Crippen LogP contribution in [0, 0.1) is 0 Å². The highest BCUT2D eigenvalue weighted by atomic mass is 15.4. The summed E-state index contributed by atoms with van der Waals surface area (Å²) in [5, 5.41) is 13.3. The van der Waals surface area contributed by atoms with E-state index >= 15 is 0 Å². The molecule has 0 unspecified atom stereocenters. The molecule has 24 heavy (non-hydrogen) atoms. The molecule has 2 aromatic heterocycles. The summed E-state index contributed by atoms with van der Waals surface area (Å²) in [6.45, 7) is 4.17. The molecule has 126 valence electrons. The third-order valence-corrected chi connectivity index (χ3v) is 5.71. The van der Waals surface area contributed by atoms with Crippen LogP contribution < -0.4 is 4.90 Å². The molecule has 4 heterocycles. The normalized spacial score (nSPS) is 20.5. The molecule has 5 rings (SSSR count). The Hall–Kier alpha value is -1.95. The molecule has 2 fully saturated rings. The van der Waals surface area contributed by atoms with Gasteiger partial charge in [-0.25, -0.2) is 0 Å². The first-order chi connectivity index (χ1) is 11.8. The molecule has 0 atom stereocenters. The number of fused-ring (bicyclic) bond motifs is 1. The number of anilines is 1. The summed E-state index contributed by atoms with van der Waals surface area (Å²) in [4.78, 5) is 4.78. The van der Waals surface area contributed by atoms with Crippen LogP contribution in [0.5, 0.6) is 0 Å². The highest BCUT2D eigenvalue weighted by Gasteiger charge is 2.32. The first kappa shape index (κ1) is 14.4. The van der Waals surface area contributed by atoms with Gasteiger partial charge in [-0.15, -0.1) is 5.10 Å². The van der Waals surface area contributed by atoms with Crippen molar-refractivity contribution in [2.24, 2.45) is 0 Å². The average molecular weight is 324 g/mol. The van der Waals surface area contributed by atoms with Gasteiger partial charge in [-0.3, -0.25) is 9.58 Å². The average Bonchev–Trinajstić information content (AvgIpc) is 3.17. The molecule has 1 aliphatic carbocycles. The number of hydrogen-bond donors (Lipinski definition) is 0. The topological polar surface area (TPSA) is 50.1 Å². The van der Waals surface area contributed by atoms with E-state index in [9.17, 15) is 0 Å². The molecule has 0 amide bonds. The zero-order valence-electron chi connectivity index (χ0n) is 14.2. The van der Waals surface area contributed by atoms with Gasteiger partial charge < -0.3 is 4.90 Å². The van der Waals surface area contributed by atoms with Gasteiger partial charge in [0, 0.05) is 49.4 Å². The van der Waals surface area contributed by atoms with Gasteiger partial charge >= 0.3 is 0 Å². The SMILES string of the molecule is CN(Cc1cnn2c1CCC2)C1CN(c2ccc(C3CC3)nn2)C1. The molecule has 1 saturated carbocycles. The van der Waals surface area contributed by atoms with Crippen LogP contribution in [-0.2, 0) is 19.5 Å². The zero-order chi connectivity index (χ0) is 16.1. The van der Waals surface area contributed by atoms with Crippen molar-refractivity contribution in [3.8, 4) is 0 Å². The standard InChI is InChI=1S/C18H24N6/c1-22(10-14-9-19-24-8-2-3-17(14)24)15-11-23(12-15)18-7-6-16(20-21-18)13-4-5-13/h6-7,9,13,15H,2-5,8,10-12H2,1H3. The van der Waals surface area contributed by atoms with Gasteiger partial charge in [0.2, 0.25) is 0 Å². The Morgan fingerprint density at radius 2 is 2.08 bits per heavy atom. The molecular weight excluding hydrogens is 300 g/mol. The van der Waals surface area contributed by atoms with E-state index in [2.05, 4.69) is 55.2 Å². The van der Waals surface area contributed by atoms with Crippen molar-refractivity contribution in [2.45, 2.75) is 50.7 Å². The third-order valence-electron chi connectivity index (χ3n) is 5.71. The predicted molar refractivity (Wildman–Crippen MR) is 92.0 cm³/mol. The smallest absolute Gasteiger partial charge is 0.151 e. The van der Waals surface area contributed by atoms with Gasteiger partial charge in [-0.1, -0.05) is 0 Å². The molecule has 2 aromatic rings. The van der Waals surface area contributed by atoms with Crippen molar-refractivity contribution < 1.29 is 0 Å². The van der Waals surface area contributed by atoms with Crippen LogP contribution in [0.3, 0.4) is 0 Å². The van der Waals surface area contributed by atoms with Crippen LogP contribution in [0.1, 0.15) is 42.1 Å². The van der Waals surface area contributed by atoms with Crippen molar-refractivity contribution in [3.63, 3.8) is 0 Å². The van der Waals surface area contributed by atoms with Crippen LogP contribution in [0.25, 0.3) is 0 Å². The largest absolute Gasteiger partial charge is 0.352 e. The molecule has 0 spiro atoms. The van der Waals surface area contributed by atoms with Gasteiger partial charge in [-0.05, 0) is 44.9 Å². The molecule has 6 nitrogen and oxygen atoms in total. The van der Waals surface area contributed by atoms with E-state index in [1.807, 2.05) is 0 Å². The Labute approximate surface area is 142 Å². The molecule has 0 N–H and O–H groups in total. The van der Waals surface area contributed by atoms with Crippen molar-refractivity contribution in [1.29, 1.82) is 0 Å². The van der Waals surface area contributed by atoms with Gasteiger partial charge in [0.25, 0.3) is 0 Å². The van der Waals surface area contributed by atoms with Gasteiger partial charge in [0.15, 0.2) is 5.82 Å². The van der Waals surface area contributed by atoms with E-state index in [1.165, 1.54) is 42.6 Å². The van der Waals surface area contributed by atoms with Gasteiger partial charge in [0.05, 0.1) is 11.9 Å². The maximum absolute atomic E-state index is 4.50. The predicted octanol–water partition coefficient (Wildman–Crippen LogP) is 1.82. The quantitative estimate of drug-likeness (QED) is 0.840. The molecular formula is C18H24N6. The van der Waals surface area contributed by atoms with Crippen LogP contribution in [0.2, 0.25) is 0 Å². The van der Waals surface area contributed by atoms with E-state index in [-0.39, 0.29) is 0 Å². The number of hydrogen-bond acceptors (Lipinski definition) is 5. The Morgan fingerprint density at radius 1 is 1.21 bits per heavy atom. The Balaban J connectivity index is 1.18. The monoisotopic (exact) mass is 324 g/mol. The van der Waals surface area contributed by atoms with E-state index in [1.54, 1.807) is 0 Å². The van der Waals surface area contributed by atoms with Crippen molar-refractivity contribution in [2.75, 3.05) is 25.0 Å². The zero-order valence-corrected chi connectivity index (χ0v) is 14.2. The lowest BCUT2D eigenvalue weighted by molar-refractivity contribution is 0.196. The minimum absolute atomic E-state index is 0.590. The van der Waals surface area contributed by atoms with Crippen LogP contribution in [-0.4, -0.2) is 51.1 Å². The summed E-state index contributed by atoms with van der Waals surface area (Å²) >= 11 is 0. The summed E-state index contributed by atoms with van der Waals surface area (Å²) in [5.74, 6) is 1.70. The Kier molecular flexibility index (Phi) is 3.33. The van der Waals surface area contributed by atoms with Crippen LogP contribution in [0.15, 0.2) is 18.3 Å². The highest BCUT2D eigenvalue weighted by molar-refractivity contribution is 5.42. The lowest BCUT2D eigenvalue weighted by Crippen LogP contribution is -2.58. The third kappa shape index (κ3) is 2.49. The van der Waals surface area contributed by atoms with Crippen molar-refractivity contribution in [1.82, 2.24) is 24.9 Å². The lowest BCUT2D eigenvalue weighted by atomic mass is 10.1. The minimum Gasteiger partial charge on any atom is -0.352 e. The summed E-state index contributed by atoms with van der Waals surface area (Å²) in [7, 11) is 2.23. The summed E-state index contributed by atoms with van der Waals surface area (Å²) in [5.41, 5.74) is 4.02. The number of nitrogens with zero attached hydrogens (tertiary/aromatic N) is 6. The molecule has 0 aromatic carbocycles. The van der Waals surface area contributed by atoms with Gasteiger partial charge in [-0.2, -0.15) is 10.2 Å². The van der Waals surface area contributed by atoms with Crippen LogP contribution in [0.4, 0.5) is 5.82 Å². The van der Waals surface area contributed by atoms with Gasteiger partial charge in [0.1, 0.15) is 0 Å². The maximum atomic E-state index is 4.50. The Bertz CT molecular complexity index is 726. The van der Waals surface area contributed by atoms with E-state index < -0.39 is 0 Å². The van der Waals surface area contributed by atoms with E-state index in [0.29, 0.717) is 12.0 Å². The lowest BCUT2D eigenvalue weighted by Gasteiger charge is -2.44. The minimum atomic E-state index is 0.590. The van der Waals surface area contributed by atoms with E-state index in [4.69, 9.17) is 0 Å². The maximum Gasteiger partial charge on any atom is 0.151 e. The van der Waals surface area contributed by atoms with Crippen molar-refractivity contribution in [3.05, 3.63) is 35.3 Å². The van der Waals surface area contributed by atoms with E-state index in [0.717, 1.165) is 32.0 Å². The number of aryl methyl sites for hydroxylation is 1. The Morgan fingerprint density at radius 3 is 2.83 bits per heavy atom. The first-order valence-corrected chi connectivity index (χ1v) is 9.10. The second kappa shape index (κ2) is 5.55. The number of rotatable bonds is 5.